The molecular formula is C21H18BrFN4O2S2. The van der Waals surface area contributed by atoms with Gasteiger partial charge in [0.25, 0.3) is 5.91 Å². The molecule has 160 valence electrons. The van der Waals surface area contributed by atoms with Crippen LogP contribution in [0.2, 0.25) is 0 Å². The van der Waals surface area contributed by atoms with Crippen molar-refractivity contribution in [2.24, 2.45) is 4.40 Å². The van der Waals surface area contributed by atoms with Crippen molar-refractivity contribution in [3.05, 3.63) is 87.0 Å². The Morgan fingerprint density at radius 2 is 2.06 bits per heavy atom. The Morgan fingerprint density at radius 3 is 2.84 bits per heavy atom. The van der Waals surface area contributed by atoms with E-state index in [1.807, 2.05) is 13.0 Å². The molecule has 31 heavy (non-hydrogen) atoms. The summed E-state index contributed by atoms with van der Waals surface area (Å²) in [6.07, 6.45) is 5.45. The number of anilines is 1. The molecule has 3 atom stereocenters. The van der Waals surface area contributed by atoms with E-state index < -0.39 is 11.0 Å². The van der Waals surface area contributed by atoms with Gasteiger partial charge in [-0.3, -0.25) is 4.79 Å². The summed E-state index contributed by atoms with van der Waals surface area (Å²) >= 11 is 4.62. The molecule has 2 aliphatic rings. The Kier molecular flexibility index (Phi) is 6.71. The molecule has 0 radical (unpaired) electrons. The smallest absolute Gasteiger partial charge is 0.253 e. The number of halogens is 2. The molecule has 0 spiro atoms. The summed E-state index contributed by atoms with van der Waals surface area (Å²) in [5.74, 6) is -0.669. The highest BCUT2D eigenvalue weighted by Gasteiger charge is 2.30. The van der Waals surface area contributed by atoms with Crippen LogP contribution in [0.25, 0.3) is 0 Å². The van der Waals surface area contributed by atoms with Crippen LogP contribution < -0.4 is 14.8 Å². The van der Waals surface area contributed by atoms with Crippen LogP contribution in [0.3, 0.4) is 0 Å². The molecule has 2 aromatic carbocycles. The summed E-state index contributed by atoms with van der Waals surface area (Å²) in [7, 11) is -1.59. The minimum atomic E-state index is -1.59. The number of nitrogens with zero attached hydrogens (tertiary/aromatic N) is 1. The highest BCUT2D eigenvalue weighted by atomic mass is 79.9. The Balaban J connectivity index is 1.53. The van der Waals surface area contributed by atoms with Gasteiger partial charge >= 0.3 is 0 Å². The number of benzene rings is 2. The average Bonchev–Trinajstić information content (AvgIpc) is 3.23. The third kappa shape index (κ3) is 4.98. The van der Waals surface area contributed by atoms with Gasteiger partial charge in [-0.2, -0.15) is 0 Å². The highest BCUT2D eigenvalue weighted by molar-refractivity contribution is 9.10. The molecule has 4 rings (SSSR count). The lowest BCUT2D eigenvalue weighted by Gasteiger charge is -2.20. The fraction of sp³-hybridized carbons (Fsp3) is 0.143. The van der Waals surface area contributed by atoms with Crippen LogP contribution in [0, 0.1) is 5.82 Å². The third-order valence-corrected chi connectivity index (χ3v) is 7.13. The molecule has 3 unspecified atom stereocenters. The van der Waals surface area contributed by atoms with Crippen LogP contribution in [-0.4, -0.2) is 21.9 Å². The Labute approximate surface area is 194 Å². The van der Waals surface area contributed by atoms with E-state index in [4.69, 9.17) is 0 Å². The van der Waals surface area contributed by atoms with Gasteiger partial charge in [-0.15, -0.1) is 0 Å². The number of hydrogen-bond donors (Lipinski definition) is 3. The van der Waals surface area contributed by atoms with Gasteiger partial charge in [0.15, 0.2) is 0 Å². The fourth-order valence-corrected chi connectivity index (χ4v) is 5.34. The van der Waals surface area contributed by atoms with Crippen molar-refractivity contribution < 1.29 is 13.4 Å². The maximum absolute atomic E-state index is 13.2. The minimum absolute atomic E-state index is 0.244. The summed E-state index contributed by atoms with van der Waals surface area (Å²) in [6.45, 7) is 1.82. The first-order chi connectivity index (χ1) is 14.9. The quantitative estimate of drug-likeness (QED) is 0.486. The van der Waals surface area contributed by atoms with E-state index in [9.17, 15) is 13.4 Å². The van der Waals surface area contributed by atoms with Gasteiger partial charge in [0.05, 0.1) is 46.1 Å². The maximum atomic E-state index is 13.2. The number of fused-ring (bicyclic) bond motifs is 1. The molecule has 0 saturated carbocycles. The largest absolute Gasteiger partial charge is 0.345 e. The predicted molar refractivity (Wildman–Crippen MR) is 127 cm³/mol. The van der Waals surface area contributed by atoms with Crippen LogP contribution in [-0.2, 0) is 11.0 Å². The topological polar surface area (TPSA) is 82.6 Å². The minimum Gasteiger partial charge on any atom is -0.345 e. The second kappa shape index (κ2) is 9.47. The number of rotatable bonds is 6. The monoisotopic (exact) mass is 520 g/mol. The molecule has 1 heterocycles. The molecule has 6 nitrogen and oxygen atoms in total. The van der Waals surface area contributed by atoms with E-state index in [-0.39, 0.29) is 23.8 Å². The first-order valence-electron chi connectivity index (χ1n) is 9.34. The Hall–Kier alpha value is -2.27. The molecule has 1 aliphatic carbocycles. The van der Waals surface area contributed by atoms with E-state index >= 15 is 0 Å². The summed E-state index contributed by atoms with van der Waals surface area (Å²) in [4.78, 5) is 13.6. The number of allylic oxidation sites excluding steroid dienone is 2. The molecule has 2 aromatic rings. The average molecular weight is 521 g/mol. The van der Waals surface area contributed by atoms with Gasteiger partial charge in [-0.1, -0.05) is 34.1 Å². The van der Waals surface area contributed by atoms with Crippen molar-refractivity contribution in [1.82, 2.24) is 10.0 Å². The van der Waals surface area contributed by atoms with Crippen molar-refractivity contribution >= 4 is 56.4 Å². The lowest BCUT2D eigenvalue weighted by atomic mass is 10.1. The zero-order valence-electron chi connectivity index (χ0n) is 16.3. The van der Waals surface area contributed by atoms with E-state index in [2.05, 4.69) is 35.1 Å². The second-order valence-corrected chi connectivity index (χ2v) is 9.62. The van der Waals surface area contributed by atoms with E-state index in [1.165, 1.54) is 24.3 Å². The molecule has 1 aliphatic heterocycles. The predicted octanol–water partition coefficient (Wildman–Crippen LogP) is 4.58. The zero-order valence-corrected chi connectivity index (χ0v) is 19.5. The van der Waals surface area contributed by atoms with Crippen LogP contribution in [0.5, 0.6) is 0 Å². The number of nitrogens with one attached hydrogen (secondary N) is 3. The number of carbonyl (C=O) groups is 1. The van der Waals surface area contributed by atoms with E-state index in [0.717, 1.165) is 15.7 Å². The first kappa shape index (κ1) is 21.9. The normalized spacial score (nSPS) is 19.1. The third-order valence-electron chi connectivity index (χ3n) is 4.79. The van der Waals surface area contributed by atoms with Gasteiger partial charge in [-0.25, -0.2) is 17.7 Å². The van der Waals surface area contributed by atoms with Crippen molar-refractivity contribution in [3.8, 4) is 0 Å². The zero-order chi connectivity index (χ0) is 22.0. The van der Waals surface area contributed by atoms with Gasteiger partial charge in [-0.05, 0) is 55.0 Å². The summed E-state index contributed by atoms with van der Waals surface area (Å²) < 4.78 is 37.3. The van der Waals surface area contributed by atoms with Crippen LogP contribution in [0.4, 0.5) is 10.1 Å². The molecular weight excluding hydrogens is 503 g/mol. The summed E-state index contributed by atoms with van der Waals surface area (Å²) in [5.41, 5.74) is 2.36. The number of hydrogen-bond acceptors (Lipinski definition) is 5. The van der Waals surface area contributed by atoms with Crippen molar-refractivity contribution in [2.45, 2.75) is 19.0 Å². The molecule has 0 bridgehead atoms. The van der Waals surface area contributed by atoms with E-state index in [0.29, 0.717) is 16.2 Å². The second-order valence-electron chi connectivity index (χ2n) is 6.89. The standard InChI is InChI=1S/C21H18BrFN4O2S2/c1-12(13-5-8-15(23)9-6-13)24-21(28)16-10-7-14(22)11-18(16)27-31(29)19-4-2-3-17-20(19)26-30-25-17/h2-12,20,26-27H,1H3,(H,24,28). The SMILES string of the molecule is CC(NC(=O)c1ccc(Br)cc1NS(=O)C1=CC=CC2=NSNC12)c1ccc(F)cc1. The van der Waals surface area contributed by atoms with Crippen molar-refractivity contribution in [2.75, 3.05) is 4.72 Å². The summed E-state index contributed by atoms with van der Waals surface area (Å²) in [5, 5.41) is 2.91. The van der Waals surface area contributed by atoms with Crippen LogP contribution >= 0.6 is 28.1 Å². The fourth-order valence-electron chi connectivity index (χ4n) is 3.15. The molecule has 3 N–H and O–H groups in total. The molecule has 10 heteroatoms. The first-order valence-corrected chi connectivity index (χ1v) is 12.1. The molecule has 0 aromatic heterocycles. The number of carbonyl (C=O) groups excluding carboxylic acids is 1. The molecule has 0 saturated heterocycles. The van der Waals surface area contributed by atoms with Gasteiger partial charge < -0.3 is 10.0 Å². The highest BCUT2D eigenvalue weighted by Crippen LogP contribution is 2.28. The number of amides is 1. The van der Waals surface area contributed by atoms with Gasteiger partial charge in [0.2, 0.25) is 0 Å². The Bertz CT molecular complexity index is 1130. The van der Waals surface area contributed by atoms with Gasteiger partial charge in [0.1, 0.15) is 16.8 Å². The molecule has 1 amide bonds. The lowest BCUT2D eigenvalue weighted by Crippen LogP contribution is -2.34. The van der Waals surface area contributed by atoms with Crippen molar-refractivity contribution in [1.29, 1.82) is 0 Å². The van der Waals surface area contributed by atoms with Crippen molar-refractivity contribution in [3.63, 3.8) is 0 Å². The Morgan fingerprint density at radius 1 is 1.29 bits per heavy atom. The molecule has 0 fully saturated rings. The van der Waals surface area contributed by atoms with Crippen LogP contribution in [0.15, 0.2) is 74.5 Å². The lowest BCUT2D eigenvalue weighted by molar-refractivity contribution is 0.0941. The maximum Gasteiger partial charge on any atom is 0.253 e. The summed E-state index contributed by atoms with van der Waals surface area (Å²) in [6, 6.07) is 10.5. The van der Waals surface area contributed by atoms with E-state index in [1.54, 1.807) is 42.5 Å². The van der Waals surface area contributed by atoms with Crippen LogP contribution in [0.1, 0.15) is 28.9 Å². The van der Waals surface area contributed by atoms with Gasteiger partial charge in [0, 0.05) is 4.47 Å².